The summed E-state index contributed by atoms with van der Waals surface area (Å²) < 4.78 is 51.8. The van der Waals surface area contributed by atoms with E-state index < -0.39 is 34.1 Å². The maximum absolute atomic E-state index is 13.3. The van der Waals surface area contributed by atoms with Gasteiger partial charge in [0.25, 0.3) is 0 Å². The summed E-state index contributed by atoms with van der Waals surface area (Å²) in [6, 6.07) is 28.3. The predicted octanol–water partition coefficient (Wildman–Crippen LogP) is 9.87. The largest absolute Gasteiger partial charge is 4.00 e. The number of hydrogen-bond donors (Lipinski definition) is 2. The Kier molecular flexibility index (Phi) is 19.6. The standard InChI is InChI=1S/2C13H16F2NO.2C5H5.Ti/c2*1-4-7-13(2,3)12(17)16-11-6-5-9(14)8-10(11)15;2*1-2-4-5-3-1;/h2*5-6H,4,7H2,1-3H3,(H,16,17);2*1-5H;/q4*-1;+4. The van der Waals surface area contributed by atoms with E-state index in [0.29, 0.717) is 12.8 Å². The van der Waals surface area contributed by atoms with Gasteiger partial charge < -0.3 is 10.6 Å². The minimum Gasteiger partial charge on any atom is -0.376 e. The normalized spacial score (nSPS) is 10.4. The quantitative estimate of drug-likeness (QED) is 0.113. The van der Waals surface area contributed by atoms with Crippen molar-refractivity contribution in [3.63, 3.8) is 0 Å². The molecule has 0 saturated heterocycles. The zero-order valence-corrected chi connectivity index (χ0v) is 28.3. The van der Waals surface area contributed by atoms with Crippen LogP contribution in [0.15, 0.2) is 84.9 Å². The van der Waals surface area contributed by atoms with Gasteiger partial charge in [-0.3, -0.25) is 9.59 Å². The first kappa shape index (κ1) is 41.5. The van der Waals surface area contributed by atoms with E-state index in [9.17, 15) is 27.2 Å². The molecule has 0 bridgehead atoms. The van der Waals surface area contributed by atoms with Crippen molar-refractivity contribution in [1.82, 2.24) is 0 Å². The minimum absolute atomic E-state index is 0. The third kappa shape index (κ3) is 16.4. The maximum atomic E-state index is 13.3. The van der Waals surface area contributed by atoms with Crippen LogP contribution in [0.25, 0.3) is 0 Å². The molecule has 4 aromatic carbocycles. The van der Waals surface area contributed by atoms with Crippen molar-refractivity contribution in [2.24, 2.45) is 10.8 Å². The topological polar surface area (TPSA) is 58.2 Å². The molecular formula is C36H42F4N2O2Ti. The van der Waals surface area contributed by atoms with Gasteiger partial charge in [0.05, 0.1) is 0 Å². The second-order valence-corrected chi connectivity index (χ2v) is 11.2. The number of benzene rings is 2. The van der Waals surface area contributed by atoms with Gasteiger partial charge in [0, 0.05) is 34.1 Å². The Morgan fingerprint density at radius 3 is 1.18 bits per heavy atom. The molecule has 0 atom stereocenters. The average Bonchev–Trinajstić information content (AvgIpc) is 3.72. The van der Waals surface area contributed by atoms with Crippen LogP contribution < -0.4 is 10.6 Å². The predicted molar refractivity (Wildman–Crippen MR) is 169 cm³/mol. The molecule has 2 N–H and O–H groups in total. The number of halogens is 4. The van der Waals surface area contributed by atoms with Crippen LogP contribution >= 0.6 is 0 Å². The molecule has 4 rings (SSSR count). The van der Waals surface area contributed by atoms with Gasteiger partial charge in [-0.1, -0.05) is 54.4 Å². The van der Waals surface area contributed by atoms with Gasteiger partial charge in [-0.25, -0.2) is 41.8 Å². The second kappa shape index (κ2) is 21.3. The van der Waals surface area contributed by atoms with E-state index in [4.69, 9.17) is 0 Å². The van der Waals surface area contributed by atoms with Crippen LogP contribution in [0.2, 0.25) is 0 Å². The molecule has 0 fully saturated rings. The Hall–Kier alpha value is -3.49. The van der Waals surface area contributed by atoms with Crippen molar-refractivity contribution in [1.29, 1.82) is 0 Å². The average molecular weight is 659 g/mol. The molecule has 4 aromatic rings. The maximum Gasteiger partial charge on any atom is 4.00 e. The molecule has 0 aromatic heterocycles. The second-order valence-electron chi connectivity index (χ2n) is 11.2. The van der Waals surface area contributed by atoms with Crippen molar-refractivity contribution in [3.05, 3.63) is 120 Å². The number of carbonyl (C=O) groups excluding carboxylic acids is 2. The molecule has 240 valence electrons. The van der Waals surface area contributed by atoms with Gasteiger partial charge in [-0.05, 0) is 24.2 Å². The fourth-order valence-corrected chi connectivity index (χ4v) is 3.78. The van der Waals surface area contributed by atoms with Crippen LogP contribution in [-0.4, -0.2) is 11.8 Å². The van der Waals surface area contributed by atoms with Crippen molar-refractivity contribution in [3.8, 4) is 0 Å². The molecule has 0 saturated carbocycles. The summed E-state index contributed by atoms with van der Waals surface area (Å²) in [6.45, 7) is 11.1. The van der Waals surface area contributed by atoms with Crippen LogP contribution in [0, 0.1) is 46.2 Å². The van der Waals surface area contributed by atoms with E-state index in [1.807, 2.05) is 86.6 Å². The number of anilines is 2. The van der Waals surface area contributed by atoms with Crippen LogP contribution in [0.5, 0.6) is 0 Å². The molecule has 0 heterocycles. The summed E-state index contributed by atoms with van der Waals surface area (Å²) in [6.07, 6.45) is 3.12. The van der Waals surface area contributed by atoms with Gasteiger partial charge in [0.15, 0.2) is 0 Å². The SMILES string of the molecule is CCCC(C)(C)C(=O)Nc1ccc(F)[c-]c1F.CCCC(C)(C)C(=O)Nc1ccc(F)[c-]c1F.[Ti+4].c1cc[cH-]c1.c1cc[cH-]c1. The number of amides is 2. The molecule has 4 nitrogen and oxygen atoms in total. The van der Waals surface area contributed by atoms with Crippen LogP contribution in [-0.2, 0) is 31.3 Å². The minimum atomic E-state index is -0.884. The van der Waals surface area contributed by atoms with Gasteiger partial charge in [0.2, 0.25) is 11.8 Å². The fraction of sp³-hybridized carbons (Fsp3) is 0.333. The van der Waals surface area contributed by atoms with Crippen molar-refractivity contribution < 1.29 is 48.9 Å². The van der Waals surface area contributed by atoms with Crippen LogP contribution in [0.3, 0.4) is 0 Å². The molecule has 9 heteroatoms. The number of nitrogens with one attached hydrogen (secondary N) is 2. The third-order valence-corrected chi connectivity index (χ3v) is 6.31. The smallest absolute Gasteiger partial charge is 0.376 e. The van der Waals surface area contributed by atoms with Crippen molar-refractivity contribution >= 4 is 23.2 Å². The van der Waals surface area contributed by atoms with Crippen molar-refractivity contribution in [2.45, 2.75) is 67.2 Å². The first-order valence-electron chi connectivity index (χ1n) is 14.4. The van der Waals surface area contributed by atoms with Crippen LogP contribution in [0.4, 0.5) is 28.9 Å². The zero-order chi connectivity index (χ0) is 33.2. The van der Waals surface area contributed by atoms with E-state index in [-0.39, 0.29) is 44.9 Å². The Labute approximate surface area is 280 Å². The Balaban J connectivity index is 0.000000644. The van der Waals surface area contributed by atoms with Gasteiger partial charge >= 0.3 is 21.7 Å². The Bertz CT molecular complexity index is 1230. The molecule has 0 aliphatic carbocycles. The molecular weight excluding hydrogens is 616 g/mol. The molecule has 0 aliphatic rings. The van der Waals surface area contributed by atoms with Crippen molar-refractivity contribution in [2.75, 3.05) is 10.6 Å². The van der Waals surface area contributed by atoms with E-state index in [1.54, 1.807) is 27.7 Å². The van der Waals surface area contributed by atoms with E-state index in [2.05, 4.69) is 10.6 Å². The van der Waals surface area contributed by atoms with Gasteiger partial charge in [-0.2, -0.15) is 36.4 Å². The third-order valence-electron chi connectivity index (χ3n) is 6.31. The summed E-state index contributed by atoms with van der Waals surface area (Å²) in [7, 11) is 0. The Morgan fingerprint density at radius 2 is 0.956 bits per heavy atom. The summed E-state index contributed by atoms with van der Waals surface area (Å²) >= 11 is 0. The summed E-state index contributed by atoms with van der Waals surface area (Å²) in [5.74, 6) is -3.89. The summed E-state index contributed by atoms with van der Waals surface area (Å²) in [4.78, 5) is 23.8. The number of carbonyl (C=O) groups is 2. The van der Waals surface area contributed by atoms with Gasteiger partial charge in [-0.15, -0.1) is 36.4 Å². The molecule has 0 unspecified atom stereocenters. The van der Waals surface area contributed by atoms with E-state index in [1.165, 1.54) is 12.1 Å². The molecule has 2 amide bonds. The number of rotatable bonds is 8. The van der Waals surface area contributed by atoms with Gasteiger partial charge in [0.1, 0.15) is 0 Å². The summed E-state index contributed by atoms with van der Waals surface area (Å²) in [5, 5.41) is 4.90. The molecule has 45 heavy (non-hydrogen) atoms. The first-order chi connectivity index (χ1) is 20.7. The Morgan fingerprint density at radius 1 is 0.644 bits per heavy atom. The van der Waals surface area contributed by atoms with E-state index >= 15 is 0 Å². The summed E-state index contributed by atoms with van der Waals surface area (Å²) in [5.41, 5.74) is -1.23. The number of hydrogen-bond acceptors (Lipinski definition) is 2. The molecule has 0 spiro atoms. The first-order valence-corrected chi connectivity index (χ1v) is 14.4. The molecule has 0 radical (unpaired) electrons. The fourth-order valence-electron chi connectivity index (χ4n) is 3.78. The monoisotopic (exact) mass is 658 g/mol. The van der Waals surface area contributed by atoms with E-state index in [0.717, 1.165) is 25.0 Å². The molecule has 0 aliphatic heterocycles. The van der Waals surface area contributed by atoms with Crippen LogP contribution in [0.1, 0.15) is 67.2 Å². The zero-order valence-electron chi connectivity index (χ0n) is 26.7.